The van der Waals surface area contributed by atoms with Crippen LogP contribution in [0.4, 0.5) is 9.18 Å². The number of methoxy groups -OCH3 is 1. The molecule has 3 nitrogen and oxygen atoms in total. The molecule has 1 amide bonds. The summed E-state index contributed by atoms with van der Waals surface area (Å²) in [5.74, 6) is 0. The second-order valence-corrected chi connectivity index (χ2v) is 2.70. The molecule has 2 unspecified atom stereocenters. The Kier molecular flexibility index (Phi) is 3.08. The molecule has 0 aromatic heterocycles. The summed E-state index contributed by atoms with van der Waals surface area (Å²) in [7, 11) is 1.27. The number of amides is 1. The van der Waals surface area contributed by atoms with E-state index in [9.17, 15) is 9.18 Å². The fraction of sp³-hybridized carbons (Fsp3) is 0.625. The van der Waals surface area contributed by atoms with Gasteiger partial charge in [-0.05, 0) is 12.8 Å². The third kappa shape index (κ3) is 2.22. The molecule has 0 heterocycles. The van der Waals surface area contributed by atoms with Gasteiger partial charge in [-0.25, -0.2) is 9.18 Å². The number of alkyl carbamates (subject to hydrolysis) is 1. The Balaban J connectivity index is 2.40. The van der Waals surface area contributed by atoms with Gasteiger partial charge in [0.15, 0.2) is 0 Å². The molecule has 1 rings (SSSR count). The molecule has 0 fully saturated rings. The van der Waals surface area contributed by atoms with Crippen LogP contribution >= 0.6 is 0 Å². The maximum Gasteiger partial charge on any atom is 0.407 e. The molecule has 1 N–H and O–H groups in total. The van der Waals surface area contributed by atoms with Crippen molar-refractivity contribution >= 4 is 6.09 Å². The number of carbonyl (C=O) groups excluding carboxylic acids is 1. The third-order valence-corrected chi connectivity index (χ3v) is 1.84. The van der Waals surface area contributed by atoms with Crippen LogP contribution in [0.15, 0.2) is 12.2 Å². The maximum absolute atomic E-state index is 13.0. The first-order valence-corrected chi connectivity index (χ1v) is 3.87. The minimum atomic E-state index is -0.992. The van der Waals surface area contributed by atoms with E-state index in [2.05, 4.69) is 10.1 Å². The lowest BCUT2D eigenvalue weighted by Crippen LogP contribution is -2.42. The van der Waals surface area contributed by atoms with Crippen LogP contribution in [0, 0.1) is 0 Å². The molecule has 0 aromatic rings. The number of nitrogens with one attached hydrogen (secondary N) is 1. The molecule has 0 saturated carbocycles. The lowest BCUT2D eigenvalue weighted by Gasteiger charge is -2.22. The van der Waals surface area contributed by atoms with E-state index in [1.807, 2.05) is 6.08 Å². The van der Waals surface area contributed by atoms with E-state index in [-0.39, 0.29) is 0 Å². The second-order valence-electron chi connectivity index (χ2n) is 2.70. The van der Waals surface area contributed by atoms with Gasteiger partial charge in [-0.3, -0.25) is 0 Å². The van der Waals surface area contributed by atoms with Crippen molar-refractivity contribution in [1.82, 2.24) is 5.32 Å². The van der Waals surface area contributed by atoms with Crippen LogP contribution in [0.2, 0.25) is 0 Å². The molecule has 2 atom stereocenters. The molecule has 0 aromatic carbocycles. The van der Waals surface area contributed by atoms with Crippen molar-refractivity contribution in [1.29, 1.82) is 0 Å². The monoisotopic (exact) mass is 173 g/mol. The van der Waals surface area contributed by atoms with Gasteiger partial charge in [-0.15, -0.1) is 0 Å². The highest BCUT2D eigenvalue weighted by Gasteiger charge is 2.23. The van der Waals surface area contributed by atoms with E-state index < -0.39 is 18.3 Å². The van der Waals surface area contributed by atoms with Crippen LogP contribution in [0.25, 0.3) is 0 Å². The second kappa shape index (κ2) is 4.09. The van der Waals surface area contributed by atoms with Gasteiger partial charge in [-0.2, -0.15) is 0 Å². The van der Waals surface area contributed by atoms with Crippen LogP contribution in [-0.2, 0) is 4.74 Å². The Hall–Kier alpha value is -1.06. The Bertz CT molecular complexity index is 193. The largest absolute Gasteiger partial charge is 0.453 e. The maximum atomic E-state index is 13.0. The molecule has 4 heteroatoms. The van der Waals surface area contributed by atoms with Gasteiger partial charge in [0, 0.05) is 0 Å². The van der Waals surface area contributed by atoms with Crippen molar-refractivity contribution in [2.24, 2.45) is 0 Å². The van der Waals surface area contributed by atoms with Crippen LogP contribution in [0.5, 0.6) is 0 Å². The number of halogens is 1. The molecule has 1 aliphatic rings. The fourth-order valence-electron chi connectivity index (χ4n) is 1.14. The molecule has 12 heavy (non-hydrogen) atoms. The summed E-state index contributed by atoms with van der Waals surface area (Å²) in [5.41, 5.74) is 0. The molecule has 0 aliphatic heterocycles. The Morgan fingerprint density at radius 3 is 2.83 bits per heavy atom. The summed E-state index contributed by atoms with van der Waals surface area (Å²) >= 11 is 0. The zero-order chi connectivity index (χ0) is 8.97. The zero-order valence-electron chi connectivity index (χ0n) is 6.92. The standard InChI is InChI=1S/C8H12FNO2/c1-12-8(11)10-7-5-3-2-4-6(7)9/h2-3,6-7H,4-5H2,1H3,(H,10,11). The van der Waals surface area contributed by atoms with E-state index in [0.29, 0.717) is 12.8 Å². The SMILES string of the molecule is COC(=O)NC1CC=CCC1F. The Labute approximate surface area is 70.6 Å². The average molecular weight is 173 g/mol. The number of ether oxygens (including phenoxy) is 1. The lowest BCUT2D eigenvalue weighted by molar-refractivity contribution is 0.154. The van der Waals surface area contributed by atoms with Gasteiger partial charge in [0.05, 0.1) is 13.2 Å². The molecular formula is C8H12FNO2. The minimum Gasteiger partial charge on any atom is -0.453 e. The van der Waals surface area contributed by atoms with Gasteiger partial charge in [0.25, 0.3) is 0 Å². The number of rotatable bonds is 1. The van der Waals surface area contributed by atoms with Crippen molar-refractivity contribution in [2.75, 3.05) is 7.11 Å². The van der Waals surface area contributed by atoms with Gasteiger partial charge in [-0.1, -0.05) is 12.2 Å². The number of alkyl halides is 1. The van der Waals surface area contributed by atoms with E-state index >= 15 is 0 Å². The normalized spacial score (nSPS) is 28.2. The Morgan fingerprint density at radius 2 is 2.25 bits per heavy atom. The highest BCUT2D eigenvalue weighted by molar-refractivity contribution is 5.67. The van der Waals surface area contributed by atoms with Gasteiger partial charge >= 0.3 is 6.09 Å². The minimum absolute atomic E-state index is 0.370. The first kappa shape index (κ1) is 9.03. The van der Waals surface area contributed by atoms with E-state index in [1.165, 1.54) is 7.11 Å². The average Bonchev–Trinajstić information content (AvgIpc) is 2.09. The number of carbonyl (C=O) groups is 1. The van der Waals surface area contributed by atoms with Gasteiger partial charge in [0.2, 0.25) is 0 Å². The van der Waals surface area contributed by atoms with Crippen molar-refractivity contribution < 1.29 is 13.9 Å². The van der Waals surface area contributed by atoms with Crippen LogP contribution in [-0.4, -0.2) is 25.4 Å². The molecule has 0 spiro atoms. The molecule has 68 valence electrons. The van der Waals surface area contributed by atoms with Gasteiger partial charge < -0.3 is 10.1 Å². The molecule has 0 saturated heterocycles. The molecular weight excluding hydrogens is 161 g/mol. The first-order valence-electron chi connectivity index (χ1n) is 3.87. The predicted molar refractivity (Wildman–Crippen MR) is 42.6 cm³/mol. The van der Waals surface area contributed by atoms with E-state index in [1.54, 1.807) is 6.08 Å². The first-order chi connectivity index (χ1) is 5.74. The highest BCUT2D eigenvalue weighted by Crippen LogP contribution is 2.15. The molecule has 0 radical (unpaired) electrons. The van der Waals surface area contributed by atoms with E-state index in [0.717, 1.165) is 0 Å². The molecule has 1 aliphatic carbocycles. The van der Waals surface area contributed by atoms with E-state index in [4.69, 9.17) is 0 Å². The van der Waals surface area contributed by atoms with Crippen molar-refractivity contribution in [3.05, 3.63) is 12.2 Å². The third-order valence-electron chi connectivity index (χ3n) is 1.84. The van der Waals surface area contributed by atoms with Crippen molar-refractivity contribution in [3.63, 3.8) is 0 Å². The summed E-state index contributed by atoms with van der Waals surface area (Å²) in [5, 5.41) is 2.43. The van der Waals surface area contributed by atoms with Crippen LogP contribution in [0.3, 0.4) is 0 Å². The summed E-state index contributed by atoms with van der Waals surface area (Å²) in [6, 6.07) is -0.428. The highest BCUT2D eigenvalue weighted by atomic mass is 19.1. The lowest BCUT2D eigenvalue weighted by atomic mass is 10.0. The fourth-order valence-corrected chi connectivity index (χ4v) is 1.14. The topological polar surface area (TPSA) is 38.3 Å². The number of hydrogen-bond acceptors (Lipinski definition) is 2. The summed E-state index contributed by atoms with van der Waals surface area (Å²) in [6.07, 6.45) is 2.98. The Morgan fingerprint density at radius 1 is 1.58 bits per heavy atom. The van der Waals surface area contributed by atoms with Crippen molar-refractivity contribution in [2.45, 2.75) is 25.1 Å². The summed E-state index contributed by atoms with van der Waals surface area (Å²) in [6.45, 7) is 0. The van der Waals surface area contributed by atoms with Gasteiger partial charge in [0.1, 0.15) is 6.17 Å². The summed E-state index contributed by atoms with van der Waals surface area (Å²) in [4.78, 5) is 10.7. The predicted octanol–water partition coefficient (Wildman–Crippen LogP) is 1.40. The summed E-state index contributed by atoms with van der Waals surface area (Å²) < 4.78 is 17.4. The molecule has 0 bridgehead atoms. The number of allylic oxidation sites excluding steroid dienone is 1. The quantitative estimate of drug-likeness (QED) is 0.608. The smallest absolute Gasteiger partial charge is 0.407 e. The van der Waals surface area contributed by atoms with Crippen molar-refractivity contribution in [3.8, 4) is 0 Å². The number of hydrogen-bond donors (Lipinski definition) is 1. The zero-order valence-corrected chi connectivity index (χ0v) is 6.92. The van der Waals surface area contributed by atoms with Crippen LogP contribution in [0.1, 0.15) is 12.8 Å². The van der Waals surface area contributed by atoms with Crippen LogP contribution < -0.4 is 5.32 Å².